The van der Waals surface area contributed by atoms with Crippen molar-refractivity contribution in [2.45, 2.75) is 12.5 Å². The van der Waals surface area contributed by atoms with Crippen molar-refractivity contribution in [3.05, 3.63) is 83.9 Å². The number of carboxylic acids is 1. The van der Waals surface area contributed by atoms with Gasteiger partial charge < -0.3 is 14.9 Å². The van der Waals surface area contributed by atoms with Gasteiger partial charge in [0, 0.05) is 29.1 Å². The quantitative estimate of drug-likeness (QED) is 0.512. The number of fused-ring (bicyclic) bond motifs is 1. The van der Waals surface area contributed by atoms with Crippen LogP contribution in [0.1, 0.15) is 23.7 Å². The Bertz CT molecular complexity index is 1150. The molecule has 0 saturated carbocycles. The molecule has 0 spiro atoms. The van der Waals surface area contributed by atoms with E-state index >= 15 is 0 Å². The van der Waals surface area contributed by atoms with Crippen LogP contribution in [0.3, 0.4) is 0 Å². The van der Waals surface area contributed by atoms with E-state index in [-0.39, 0.29) is 12.2 Å². The lowest BCUT2D eigenvalue weighted by Gasteiger charge is -2.19. The molecule has 0 aromatic heterocycles. The van der Waals surface area contributed by atoms with Crippen LogP contribution in [0.2, 0.25) is 0 Å². The van der Waals surface area contributed by atoms with Crippen molar-refractivity contribution in [3.8, 4) is 11.8 Å². The average Bonchev–Trinajstić information content (AvgIpc) is 2.74. The van der Waals surface area contributed by atoms with Crippen LogP contribution in [0.4, 0.5) is 10.5 Å². The summed E-state index contributed by atoms with van der Waals surface area (Å²) in [6, 6.07) is 18.6. The van der Waals surface area contributed by atoms with Crippen molar-refractivity contribution in [3.63, 3.8) is 0 Å². The molecule has 0 saturated heterocycles. The second-order valence-electron chi connectivity index (χ2n) is 6.40. The maximum Gasteiger partial charge on any atom is 0.412 e. The highest BCUT2D eigenvalue weighted by atomic mass is 16.6. The molecule has 3 aromatic rings. The number of carbonyl (C=O) groups excluding carboxylic acids is 1. The van der Waals surface area contributed by atoms with Crippen LogP contribution in [0.25, 0.3) is 10.8 Å². The molecule has 3 rings (SSSR count). The molecule has 7 nitrogen and oxygen atoms in total. The summed E-state index contributed by atoms with van der Waals surface area (Å²) in [5.74, 6) is -1.01. The number of hydrogen-bond donors (Lipinski definition) is 3. The molecule has 0 aliphatic heterocycles. The van der Waals surface area contributed by atoms with Crippen LogP contribution in [0.15, 0.2) is 72.8 Å². The van der Waals surface area contributed by atoms with Gasteiger partial charge in [0.05, 0.1) is 11.6 Å². The van der Waals surface area contributed by atoms with Gasteiger partial charge in [0.1, 0.15) is 11.9 Å². The molecule has 3 aromatic carbocycles. The molecule has 1 atom stereocenters. The first-order valence-corrected chi connectivity index (χ1v) is 9.06. The number of amides is 1. The molecule has 0 aliphatic rings. The first-order chi connectivity index (χ1) is 14.5. The van der Waals surface area contributed by atoms with Gasteiger partial charge in [0.2, 0.25) is 0 Å². The molecule has 0 unspecified atom stereocenters. The van der Waals surface area contributed by atoms with E-state index in [1.165, 1.54) is 12.1 Å². The van der Waals surface area contributed by atoms with Gasteiger partial charge in [-0.05, 0) is 35.7 Å². The number of nitrogens with one attached hydrogen (secondary N) is 1. The molecular formula is C23H18N2O5. The van der Waals surface area contributed by atoms with Gasteiger partial charge in [-0.3, -0.25) is 5.32 Å². The van der Waals surface area contributed by atoms with E-state index in [4.69, 9.17) is 15.1 Å². The zero-order valence-corrected chi connectivity index (χ0v) is 15.8. The largest absolute Gasteiger partial charge is 0.507 e. The van der Waals surface area contributed by atoms with Crippen LogP contribution in [0.5, 0.6) is 5.75 Å². The third-order valence-electron chi connectivity index (χ3n) is 4.40. The lowest BCUT2D eigenvalue weighted by atomic mass is 9.97. The first kappa shape index (κ1) is 20.4. The number of rotatable bonds is 6. The minimum Gasteiger partial charge on any atom is -0.507 e. The van der Waals surface area contributed by atoms with E-state index in [0.29, 0.717) is 27.6 Å². The minimum absolute atomic E-state index is 0.0937. The Morgan fingerprint density at radius 3 is 2.43 bits per heavy atom. The number of ether oxygens (including phenoxy) is 1. The summed E-state index contributed by atoms with van der Waals surface area (Å²) in [6.45, 7) is 0. The minimum atomic E-state index is -1.11. The molecule has 1 amide bonds. The van der Waals surface area contributed by atoms with Crippen LogP contribution in [-0.4, -0.2) is 22.3 Å². The number of anilines is 1. The number of carbonyl (C=O) groups is 2. The first-order valence-electron chi connectivity index (χ1n) is 9.06. The molecule has 3 N–H and O–H groups in total. The average molecular weight is 402 g/mol. The van der Waals surface area contributed by atoms with Crippen molar-refractivity contribution in [2.24, 2.45) is 0 Å². The number of nitriles is 1. The lowest BCUT2D eigenvalue weighted by molar-refractivity contribution is -0.131. The van der Waals surface area contributed by atoms with Gasteiger partial charge >= 0.3 is 12.1 Å². The van der Waals surface area contributed by atoms with Gasteiger partial charge in [-0.15, -0.1) is 0 Å². The molecule has 0 fully saturated rings. The standard InChI is InChI=1S/C23H18N2O5/c24-14-15-8-10-16(11-9-15)25-23(29)30-21(6-3-7-22(27)28)19-12-13-20(26)18-5-2-1-4-17(18)19/h1-5,7-13,21,26H,6H2,(H,25,29)(H,27,28)/b7-3+/t21-/m0/s1. The fraction of sp³-hybridized carbons (Fsp3) is 0.0870. The van der Waals surface area contributed by atoms with Crippen LogP contribution >= 0.6 is 0 Å². The van der Waals surface area contributed by atoms with E-state index in [2.05, 4.69) is 5.32 Å². The van der Waals surface area contributed by atoms with Crippen molar-refractivity contribution in [1.29, 1.82) is 5.26 Å². The molecule has 7 heteroatoms. The Labute approximate surface area is 172 Å². The van der Waals surface area contributed by atoms with Gasteiger partial charge in [0.25, 0.3) is 0 Å². The third-order valence-corrected chi connectivity index (χ3v) is 4.40. The zero-order chi connectivity index (χ0) is 21.5. The summed E-state index contributed by atoms with van der Waals surface area (Å²) in [7, 11) is 0. The molecule has 0 bridgehead atoms. The predicted octanol–water partition coefficient (Wildman–Crippen LogP) is 4.74. The summed E-state index contributed by atoms with van der Waals surface area (Å²) in [5, 5.41) is 31.7. The molecule has 150 valence electrons. The maximum atomic E-state index is 12.5. The number of phenolic OH excluding ortho intramolecular Hbond substituents is 1. The second-order valence-corrected chi connectivity index (χ2v) is 6.40. The van der Waals surface area contributed by atoms with Crippen LogP contribution in [-0.2, 0) is 9.53 Å². The molecule has 0 aliphatic carbocycles. The maximum absolute atomic E-state index is 12.5. The van der Waals surface area contributed by atoms with E-state index < -0.39 is 18.2 Å². The highest BCUT2D eigenvalue weighted by Gasteiger charge is 2.19. The summed E-state index contributed by atoms with van der Waals surface area (Å²) in [6.07, 6.45) is 0.998. The van der Waals surface area contributed by atoms with Gasteiger partial charge in [-0.25, -0.2) is 9.59 Å². The second kappa shape index (κ2) is 9.26. The van der Waals surface area contributed by atoms with E-state index in [1.54, 1.807) is 54.6 Å². The summed E-state index contributed by atoms with van der Waals surface area (Å²) in [5.41, 5.74) is 1.55. The Kier molecular flexibility index (Phi) is 6.30. The number of carboxylic acid groups (broad SMARTS) is 1. The topological polar surface area (TPSA) is 120 Å². The molecule has 0 heterocycles. The lowest BCUT2D eigenvalue weighted by Crippen LogP contribution is -2.17. The summed E-state index contributed by atoms with van der Waals surface area (Å²) < 4.78 is 5.59. The van der Waals surface area contributed by atoms with Crippen molar-refractivity contribution in [2.75, 3.05) is 5.32 Å². The number of aromatic hydroxyl groups is 1. The highest BCUT2D eigenvalue weighted by molar-refractivity contribution is 5.91. The SMILES string of the molecule is N#Cc1ccc(NC(=O)O[C@@H](C/C=C/C(=O)O)c2ccc(O)c3ccccc23)cc1. The Hall–Kier alpha value is -4.31. The molecule has 30 heavy (non-hydrogen) atoms. The van der Waals surface area contributed by atoms with Crippen LogP contribution < -0.4 is 5.32 Å². The van der Waals surface area contributed by atoms with Crippen molar-refractivity contribution < 1.29 is 24.5 Å². The molecular weight excluding hydrogens is 384 g/mol. The normalized spacial score (nSPS) is 11.7. The fourth-order valence-electron chi connectivity index (χ4n) is 3.02. The predicted molar refractivity (Wildman–Crippen MR) is 111 cm³/mol. The summed E-state index contributed by atoms with van der Waals surface area (Å²) in [4.78, 5) is 23.3. The monoisotopic (exact) mass is 402 g/mol. The number of benzene rings is 3. The highest BCUT2D eigenvalue weighted by Crippen LogP contribution is 2.34. The third kappa shape index (κ3) is 4.94. The van der Waals surface area contributed by atoms with Gasteiger partial charge in [-0.1, -0.05) is 36.4 Å². The number of nitrogens with zero attached hydrogens (tertiary/aromatic N) is 1. The Morgan fingerprint density at radius 1 is 1.07 bits per heavy atom. The van der Waals surface area contributed by atoms with E-state index in [1.807, 2.05) is 6.07 Å². The van der Waals surface area contributed by atoms with Crippen LogP contribution in [0, 0.1) is 11.3 Å². The van der Waals surface area contributed by atoms with Gasteiger partial charge in [0.15, 0.2) is 0 Å². The van der Waals surface area contributed by atoms with Crippen molar-refractivity contribution in [1.82, 2.24) is 0 Å². The fourth-order valence-corrected chi connectivity index (χ4v) is 3.02. The van der Waals surface area contributed by atoms with E-state index in [0.717, 1.165) is 6.08 Å². The Morgan fingerprint density at radius 2 is 1.77 bits per heavy atom. The number of phenols is 1. The number of hydrogen-bond acceptors (Lipinski definition) is 5. The summed E-state index contributed by atoms with van der Waals surface area (Å²) >= 11 is 0. The smallest absolute Gasteiger partial charge is 0.412 e. The molecule has 0 radical (unpaired) electrons. The Balaban J connectivity index is 1.87. The van der Waals surface area contributed by atoms with Gasteiger partial charge in [-0.2, -0.15) is 5.26 Å². The zero-order valence-electron chi connectivity index (χ0n) is 15.8. The number of aliphatic carboxylic acids is 1. The van der Waals surface area contributed by atoms with Crippen molar-refractivity contribution >= 4 is 28.5 Å². The van der Waals surface area contributed by atoms with E-state index in [9.17, 15) is 14.7 Å².